The van der Waals surface area contributed by atoms with Crippen molar-refractivity contribution in [2.45, 2.75) is 13.1 Å². The van der Waals surface area contributed by atoms with E-state index in [1.165, 1.54) is 6.92 Å². The molecule has 0 aromatic heterocycles. The maximum absolute atomic E-state index is 12.4. The summed E-state index contributed by atoms with van der Waals surface area (Å²) in [6.45, 7) is 1.26. The Kier molecular flexibility index (Phi) is 3.45. The Morgan fingerprint density at radius 2 is 1.93 bits per heavy atom. The van der Waals surface area contributed by atoms with Gasteiger partial charge in [0.2, 0.25) is 0 Å². The zero-order valence-corrected chi connectivity index (χ0v) is 9.79. The summed E-state index contributed by atoms with van der Waals surface area (Å²) in [6, 6.07) is 2.12. The smallest absolute Gasteiger partial charge is 0.295 e. The number of halogens is 5. The third-order valence-corrected chi connectivity index (χ3v) is 2.66. The molecule has 0 fully saturated rings. The summed E-state index contributed by atoms with van der Waals surface area (Å²) in [7, 11) is 0. The van der Waals surface area contributed by atoms with Crippen molar-refractivity contribution >= 4 is 33.3 Å². The van der Waals surface area contributed by atoms with Crippen LogP contribution in [0.1, 0.15) is 22.8 Å². The van der Waals surface area contributed by atoms with Crippen LogP contribution in [0.2, 0.25) is 5.02 Å². The molecule has 0 spiro atoms. The first kappa shape index (κ1) is 12.5. The van der Waals surface area contributed by atoms with Crippen LogP contribution >= 0.6 is 27.5 Å². The summed E-state index contributed by atoms with van der Waals surface area (Å²) in [5, 5.41) is -0.484. The van der Waals surface area contributed by atoms with Gasteiger partial charge in [-0.3, -0.25) is 4.79 Å². The second-order valence-corrected chi connectivity index (χ2v) is 4.13. The van der Waals surface area contributed by atoms with Gasteiger partial charge in [0.25, 0.3) is 0 Å². The maximum Gasteiger partial charge on any atom is 0.418 e. The fourth-order valence-corrected chi connectivity index (χ4v) is 2.17. The van der Waals surface area contributed by atoms with E-state index < -0.39 is 16.8 Å². The lowest BCUT2D eigenvalue weighted by molar-refractivity contribution is -0.138. The van der Waals surface area contributed by atoms with Gasteiger partial charge in [0.15, 0.2) is 5.78 Å². The zero-order valence-electron chi connectivity index (χ0n) is 7.45. The lowest BCUT2D eigenvalue weighted by Crippen LogP contribution is -2.08. The predicted molar refractivity (Wildman–Crippen MR) is 54.2 cm³/mol. The van der Waals surface area contributed by atoms with Crippen LogP contribution in [0.25, 0.3) is 0 Å². The van der Waals surface area contributed by atoms with Gasteiger partial charge in [-0.1, -0.05) is 27.5 Å². The summed E-state index contributed by atoms with van der Waals surface area (Å²) < 4.78 is 37.1. The van der Waals surface area contributed by atoms with Gasteiger partial charge in [0.1, 0.15) is 0 Å². The molecule has 82 valence electrons. The molecule has 6 heteroatoms. The second kappa shape index (κ2) is 4.14. The van der Waals surface area contributed by atoms with E-state index in [4.69, 9.17) is 11.6 Å². The van der Waals surface area contributed by atoms with Gasteiger partial charge < -0.3 is 0 Å². The molecule has 1 aromatic carbocycles. The van der Waals surface area contributed by atoms with Gasteiger partial charge in [-0.2, -0.15) is 13.2 Å². The van der Waals surface area contributed by atoms with Gasteiger partial charge in [-0.05, 0) is 19.1 Å². The monoisotopic (exact) mass is 300 g/mol. The first-order chi connectivity index (χ1) is 6.73. The van der Waals surface area contributed by atoms with Crippen LogP contribution in [0.5, 0.6) is 0 Å². The van der Waals surface area contributed by atoms with Gasteiger partial charge in [-0.25, -0.2) is 0 Å². The fourth-order valence-electron chi connectivity index (χ4n) is 1.05. The van der Waals surface area contributed by atoms with Crippen molar-refractivity contribution in [3.05, 3.63) is 32.8 Å². The number of hydrogen-bond acceptors (Lipinski definition) is 1. The van der Waals surface area contributed by atoms with E-state index in [2.05, 4.69) is 15.9 Å². The SMILES string of the molecule is CC(=O)c1cc(Cl)c(C(F)(F)F)c(Br)c1. The molecule has 0 unspecified atom stereocenters. The highest BCUT2D eigenvalue weighted by atomic mass is 79.9. The Labute approximate surface area is 97.4 Å². The van der Waals surface area contributed by atoms with E-state index >= 15 is 0 Å². The van der Waals surface area contributed by atoms with Crippen molar-refractivity contribution in [3.8, 4) is 0 Å². The quantitative estimate of drug-likeness (QED) is 0.706. The van der Waals surface area contributed by atoms with Crippen LogP contribution in [0.4, 0.5) is 13.2 Å². The maximum atomic E-state index is 12.4. The van der Waals surface area contributed by atoms with E-state index in [0.717, 1.165) is 12.1 Å². The predicted octanol–water partition coefficient (Wildman–Crippen LogP) is 4.32. The van der Waals surface area contributed by atoms with Crippen LogP contribution in [-0.2, 0) is 6.18 Å². The Morgan fingerprint density at radius 1 is 1.40 bits per heavy atom. The minimum atomic E-state index is -4.54. The molecule has 0 saturated carbocycles. The van der Waals surface area contributed by atoms with Crippen molar-refractivity contribution < 1.29 is 18.0 Å². The molecule has 0 atom stereocenters. The molecule has 15 heavy (non-hydrogen) atoms. The van der Waals surface area contributed by atoms with Crippen LogP contribution in [-0.4, -0.2) is 5.78 Å². The average molecular weight is 301 g/mol. The van der Waals surface area contributed by atoms with E-state index in [1.54, 1.807) is 0 Å². The number of carbonyl (C=O) groups excluding carboxylic acids is 1. The van der Waals surface area contributed by atoms with Crippen LogP contribution in [0.3, 0.4) is 0 Å². The topological polar surface area (TPSA) is 17.1 Å². The molecular formula is C9H5BrClF3O. The summed E-state index contributed by atoms with van der Waals surface area (Å²) in [5.41, 5.74) is -0.825. The summed E-state index contributed by atoms with van der Waals surface area (Å²) >= 11 is 8.21. The van der Waals surface area contributed by atoms with Gasteiger partial charge in [-0.15, -0.1) is 0 Å². The number of alkyl halides is 3. The number of hydrogen-bond donors (Lipinski definition) is 0. The van der Waals surface area contributed by atoms with Gasteiger partial charge in [0.05, 0.1) is 10.6 Å². The molecule has 1 rings (SSSR count). The summed E-state index contributed by atoms with van der Waals surface area (Å²) in [5.74, 6) is -0.341. The minimum Gasteiger partial charge on any atom is -0.295 e. The Hall–Kier alpha value is -0.550. The molecule has 0 heterocycles. The normalized spacial score (nSPS) is 11.6. The lowest BCUT2D eigenvalue weighted by atomic mass is 10.1. The van der Waals surface area contributed by atoms with E-state index in [9.17, 15) is 18.0 Å². The Bertz CT molecular complexity index is 391. The minimum absolute atomic E-state index is 0.139. The first-order valence-corrected chi connectivity index (χ1v) is 4.97. The molecule has 0 saturated heterocycles. The molecule has 0 aliphatic heterocycles. The van der Waals surface area contributed by atoms with Crippen molar-refractivity contribution in [2.24, 2.45) is 0 Å². The number of benzene rings is 1. The van der Waals surface area contributed by atoms with Crippen LogP contribution in [0, 0.1) is 0 Å². The van der Waals surface area contributed by atoms with Crippen molar-refractivity contribution in [1.82, 2.24) is 0 Å². The largest absolute Gasteiger partial charge is 0.418 e. The fraction of sp³-hybridized carbons (Fsp3) is 0.222. The van der Waals surface area contributed by atoms with E-state index in [1.807, 2.05) is 0 Å². The van der Waals surface area contributed by atoms with Crippen molar-refractivity contribution in [1.29, 1.82) is 0 Å². The third kappa shape index (κ3) is 2.72. The third-order valence-electron chi connectivity index (χ3n) is 1.73. The molecule has 0 aliphatic rings. The van der Waals surface area contributed by atoms with Crippen LogP contribution < -0.4 is 0 Å². The molecule has 0 bridgehead atoms. The van der Waals surface area contributed by atoms with Crippen molar-refractivity contribution in [2.75, 3.05) is 0 Å². The number of Topliss-reactive ketones (excluding diaryl/α,β-unsaturated/α-hetero) is 1. The highest BCUT2D eigenvalue weighted by Gasteiger charge is 2.36. The number of rotatable bonds is 1. The highest BCUT2D eigenvalue weighted by molar-refractivity contribution is 9.10. The number of carbonyl (C=O) groups is 1. The summed E-state index contributed by atoms with van der Waals surface area (Å²) in [6.07, 6.45) is -4.54. The van der Waals surface area contributed by atoms with Crippen molar-refractivity contribution in [3.63, 3.8) is 0 Å². The van der Waals surface area contributed by atoms with Gasteiger partial charge >= 0.3 is 6.18 Å². The molecule has 1 nitrogen and oxygen atoms in total. The Morgan fingerprint density at radius 3 is 2.27 bits per heavy atom. The highest BCUT2D eigenvalue weighted by Crippen LogP contribution is 2.40. The number of ketones is 1. The zero-order chi connectivity index (χ0) is 11.8. The lowest BCUT2D eigenvalue weighted by Gasteiger charge is -2.12. The molecular weight excluding hydrogens is 296 g/mol. The average Bonchev–Trinajstić information content (AvgIpc) is 1.99. The molecule has 0 N–H and O–H groups in total. The van der Waals surface area contributed by atoms with E-state index in [-0.39, 0.29) is 15.8 Å². The first-order valence-electron chi connectivity index (χ1n) is 3.80. The molecule has 0 radical (unpaired) electrons. The Balaban J connectivity index is 3.41. The molecule has 0 aliphatic carbocycles. The van der Waals surface area contributed by atoms with Gasteiger partial charge in [0, 0.05) is 10.0 Å². The van der Waals surface area contributed by atoms with E-state index in [0.29, 0.717) is 0 Å². The summed E-state index contributed by atoms with van der Waals surface area (Å²) in [4.78, 5) is 11.0. The van der Waals surface area contributed by atoms with Crippen LogP contribution in [0.15, 0.2) is 16.6 Å². The molecule has 1 aromatic rings. The second-order valence-electron chi connectivity index (χ2n) is 2.87. The molecule has 0 amide bonds. The standard InChI is InChI=1S/C9H5BrClF3O/c1-4(15)5-2-6(10)8(7(11)3-5)9(12,13)14/h2-3H,1H3.